The Balaban J connectivity index is 1.43. The average molecular weight is 402 g/mol. The lowest BCUT2D eigenvalue weighted by molar-refractivity contribution is -0.133. The molecule has 0 radical (unpaired) electrons. The van der Waals surface area contributed by atoms with Crippen LogP contribution in [0.4, 0.5) is 4.39 Å². The number of carbonyl (C=O) groups is 2. The molecule has 4 nitrogen and oxygen atoms in total. The van der Waals surface area contributed by atoms with E-state index in [2.05, 4.69) is 5.32 Å². The summed E-state index contributed by atoms with van der Waals surface area (Å²) in [5, 5.41) is 2.64. The number of amides is 2. The third-order valence-corrected chi connectivity index (χ3v) is 5.47. The fraction of sp³-hybridized carbons (Fsp3) is 0.200. The van der Waals surface area contributed by atoms with Crippen LogP contribution in [0.25, 0.3) is 11.1 Å². The van der Waals surface area contributed by atoms with Crippen molar-refractivity contribution in [2.75, 3.05) is 0 Å². The average Bonchev–Trinajstić information content (AvgIpc) is 3.17. The lowest BCUT2D eigenvalue weighted by Gasteiger charge is -2.21. The molecule has 1 heterocycles. The molecule has 5 heteroatoms. The summed E-state index contributed by atoms with van der Waals surface area (Å²) in [6, 6.07) is 19.4. The molecule has 0 saturated heterocycles. The highest BCUT2D eigenvalue weighted by atomic mass is 19.1. The molecule has 1 N–H and O–H groups in total. The van der Waals surface area contributed by atoms with E-state index in [0.29, 0.717) is 18.7 Å². The quantitative estimate of drug-likeness (QED) is 0.700. The second-order valence-corrected chi connectivity index (χ2v) is 7.72. The number of carbonyl (C=O) groups excluding carboxylic acids is 2. The molecule has 1 aliphatic rings. The van der Waals surface area contributed by atoms with Gasteiger partial charge in [-0.25, -0.2) is 4.39 Å². The highest BCUT2D eigenvalue weighted by Crippen LogP contribution is 2.24. The molecule has 0 aromatic heterocycles. The van der Waals surface area contributed by atoms with Crippen molar-refractivity contribution in [3.63, 3.8) is 0 Å². The van der Waals surface area contributed by atoms with E-state index in [1.54, 1.807) is 17.9 Å². The fourth-order valence-corrected chi connectivity index (χ4v) is 3.72. The Morgan fingerprint density at radius 3 is 2.13 bits per heavy atom. The molecule has 152 valence electrons. The summed E-state index contributed by atoms with van der Waals surface area (Å²) in [4.78, 5) is 27.0. The first-order valence-electron chi connectivity index (χ1n) is 9.95. The van der Waals surface area contributed by atoms with E-state index >= 15 is 0 Å². The number of aryl methyl sites for hydroxylation is 1. The van der Waals surface area contributed by atoms with Crippen LogP contribution >= 0.6 is 0 Å². The molecule has 3 aromatic rings. The van der Waals surface area contributed by atoms with Gasteiger partial charge in [0.05, 0.1) is 5.56 Å². The normalized spacial score (nSPS) is 13.6. The molecule has 0 saturated carbocycles. The van der Waals surface area contributed by atoms with Crippen LogP contribution in [-0.2, 0) is 17.9 Å². The van der Waals surface area contributed by atoms with Gasteiger partial charge in [0.2, 0.25) is 5.91 Å². The molecule has 3 aromatic carbocycles. The van der Waals surface area contributed by atoms with Gasteiger partial charge in [-0.2, -0.15) is 0 Å². The first kappa shape index (κ1) is 19.8. The Morgan fingerprint density at radius 1 is 0.933 bits per heavy atom. The first-order chi connectivity index (χ1) is 14.4. The summed E-state index contributed by atoms with van der Waals surface area (Å²) in [6.45, 7) is 4.66. The zero-order chi connectivity index (χ0) is 21.3. The predicted molar refractivity (Wildman–Crippen MR) is 114 cm³/mol. The molecule has 0 unspecified atom stereocenters. The number of nitrogens with zero attached hydrogens (tertiary/aromatic N) is 1. The van der Waals surface area contributed by atoms with Crippen molar-refractivity contribution in [3.8, 4) is 11.1 Å². The standard InChI is InChI=1S/C25H23FN2O2/c1-16-7-9-18(10-8-16)19-11-12-22(23(26)13-19)24(29)27-17(2)25(30)28-14-20-5-3-4-6-21(20)15-28/h3-13,17H,14-15H2,1-2H3,(H,27,29)/t17-/m0/s1. The molecule has 2 amide bonds. The van der Waals surface area contributed by atoms with Crippen molar-refractivity contribution in [1.82, 2.24) is 10.2 Å². The minimum atomic E-state index is -0.747. The SMILES string of the molecule is Cc1ccc(-c2ccc(C(=O)N[C@@H](C)C(=O)N3Cc4ccccc4C3)c(F)c2)cc1. The van der Waals surface area contributed by atoms with Crippen LogP contribution in [0.2, 0.25) is 0 Å². The molecule has 0 fully saturated rings. The number of nitrogens with one attached hydrogen (secondary N) is 1. The van der Waals surface area contributed by atoms with Gasteiger partial charge in [-0.15, -0.1) is 0 Å². The highest BCUT2D eigenvalue weighted by Gasteiger charge is 2.28. The molecule has 0 spiro atoms. The zero-order valence-corrected chi connectivity index (χ0v) is 17.0. The summed E-state index contributed by atoms with van der Waals surface area (Å²) in [7, 11) is 0. The van der Waals surface area contributed by atoms with Gasteiger partial charge in [-0.1, -0.05) is 60.2 Å². The molecular formula is C25H23FN2O2. The number of hydrogen-bond acceptors (Lipinski definition) is 2. The summed E-state index contributed by atoms with van der Waals surface area (Å²) in [5.41, 5.74) is 4.85. The van der Waals surface area contributed by atoms with Gasteiger partial charge in [-0.3, -0.25) is 9.59 Å². The van der Waals surface area contributed by atoms with Crippen LogP contribution in [0.5, 0.6) is 0 Å². The molecule has 0 aliphatic carbocycles. The molecule has 1 atom stereocenters. The lowest BCUT2D eigenvalue weighted by Crippen LogP contribution is -2.45. The summed E-state index contributed by atoms with van der Waals surface area (Å²) < 4.78 is 14.6. The van der Waals surface area contributed by atoms with E-state index in [0.717, 1.165) is 22.3 Å². The number of hydrogen-bond donors (Lipinski definition) is 1. The second kappa shape index (κ2) is 8.11. The monoisotopic (exact) mass is 402 g/mol. The van der Waals surface area contributed by atoms with Gasteiger partial charge in [0.15, 0.2) is 0 Å². The maximum Gasteiger partial charge on any atom is 0.254 e. The fourth-order valence-electron chi connectivity index (χ4n) is 3.72. The summed E-state index contributed by atoms with van der Waals surface area (Å²) in [5.74, 6) is -1.39. The Morgan fingerprint density at radius 2 is 1.53 bits per heavy atom. The number of rotatable bonds is 4. The molecule has 30 heavy (non-hydrogen) atoms. The Kier molecular flexibility index (Phi) is 5.36. The van der Waals surface area contributed by atoms with Gasteiger partial charge >= 0.3 is 0 Å². The van der Waals surface area contributed by atoms with E-state index < -0.39 is 17.8 Å². The van der Waals surface area contributed by atoms with Gasteiger partial charge in [0.25, 0.3) is 5.91 Å². The van der Waals surface area contributed by atoms with Crippen molar-refractivity contribution in [3.05, 3.63) is 94.8 Å². The molecule has 4 rings (SSSR count). The maximum absolute atomic E-state index is 14.6. The molecule has 0 bridgehead atoms. The number of halogens is 1. The van der Waals surface area contributed by atoms with Gasteiger partial charge in [-0.05, 0) is 48.2 Å². The third-order valence-electron chi connectivity index (χ3n) is 5.47. The van der Waals surface area contributed by atoms with Crippen molar-refractivity contribution < 1.29 is 14.0 Å². The minimum absolute atomic E-state index is 0.0739. The summed E-state index contributed by atoms with van der Waals surface area (Å²) >= 11 is 0. The molecular weight excluding hydrogens is 379 g/mol. The largest absolute Gasteiger partial charge is 0.340 e. The van der Waals surface area contributed by atoms with Crippen molar-refractivity contribution in [2.45, 2.75) is 33.0 Å². The van der Waals surface area contributed by atoms with Crippen molar-refractivity contribution in [2.24, 2.45) is 0 Å². The van der Waals surface area contributed by atoms with Crippen LogP contribution in [0.15, 0.2) is 66.7 Å². The van der Waals surface area contributed by atoms with E-state index in [1.165, 1.54) is 12.1 Å². The Labute approximate surface area is 175 Å². The van der Waals surface area contributed by atoms with Crippen molar-refractivity contribution in [1.29, 1.82) is 0 Å². The third kappa shape index (κ3) is 3.96. The predicted octanol–water partition coefficient (Wildman–Crippen LogP) is 4.46. The maximum atomic E-state index is 14.6. The van der Waals surface area contributed by atoms with Crippen LogP contribution in [0, 0.1) is 12.7 Å². The van der Waals surface area contributed by atoms with Gasteiger partial charge in [0.1, 0.15) is 11.9 Å². The van der Waals surface area contributed by atoms with E-state index in [-0.39, 0.29) is 11.5 Å². The van der Waals surface area contributed by atoms with Crippen LogP contribution in [-0.4, -0.2) is 22.8 Å². The Hall–Kier alpha value is -3.47. The first-order valence-corrected chi connectivity index (χ1v) is 9.95. The van der Waals surface area contributed by atoms with Gasteiger partial charge in [0, 0.05) is 13.1 Å². The van der Waals surface area contributed by atoms with Crippen LogP contribution < -0.4 is 5.32 Å². The summed E-state index contributed by atoms with van der Waals surface area (Å²) in [6.07, 6.45) is 0. The van der Waals surface area contributed by atoms with Crippen molar-refractivity contribution >= 4 is 11.8 Å². The minimum Gasteiger partial charge on any atom is -0.340 e. The van der Waals surface area contributed by atoms with Crippen LogP contribution in [0.1, 0.15) is 34.0 Å². The van der Waals surface area contributed by atoms with E-state index in [9.17, 15) is 14.0 Å². The van der Waals surface area contributed by atoms with Gasteiger partial charge < -0.3 is 10.2 Å². The topological polar surface area (TPSA) is 49.4 Å². The smallest absolute Gasteiger partial charge is 0.254 e. The molecule has 1 aliphatic heterocycles. The van der Waals surface area contributed by atoms with Crippen LogP contribution in [0.3, 0.4) is 0 Å². The van der Waals surface area contributed by atoms with E-state index in [4.69, 9.17) is 0 Å². The lowest BCUT2D eigenvalue weighted by atomic mass is 10.0. The number of fused-ring (bicyclic) bond motifs is 1. The Bertz CT molecular complexity index is 1080. The number of benzene rings is 3. The second-order valence-electron chi connectivity index (χ2n) is 7.72. The highest BCUT2D eigenvalue weighted by molar-refractivity contribution is 5.98. The zero-order valence-electron chi connectivity index (χ0n) is 17.0. The van der Waals surface area contributed by atoms with E-state index in [1.807, 2.05) is 55.5 Å².